The number of nitrogens with zero attached hydrogens (tertiary/aromatic N) is 3. The van der Waals surface area contributed by atoms with E-state index in [1.54, 1.807) is 18.2 Å². The summed E-state index contributed by atoms with van der Waals surface area (Å²) < 4.78 is 6.49. The standard InChI is InChI=1S/C24H19N3O3/c1-26(2)16-8-10-17(11-9-16)27-23(28)22(30-24(27)29)14-15-7-12-21-19(13-15)18-5-3-4-6-20(18)25-21/h3-14,28H,1-2H3/b15-14+. The Hall–Kier alpha value is -4.06. The maximum Gasteiger partial charge on any atom is 0.427 e. The number of hydrogen-bond acceptors (Lipinski definition) is 5. The minimum atomic E-state index is -0.641. The van der Waals surface area contributed by atoms with Crippen LogP contribution >= 0.6 is 0 Å². The molecule has 6 nitrogen and oxygen atoms in total. The maximum absolute atomic E-state index is 12.4. The van der Waals surface area contributed by atoms with Gasteiger partial charge < -0.3 is 14.4 Å². The first-order chi connectivity index (χ1) is 14.5. The number of para-hydroxylation sites is 1. The molecular formula is C24H19N3O3. The summed E-state index contributed by atoms with van der Waals surface area (Å²) in [5.74, 6) is -0.763. The van der Waals surface area contributed by atoms with Crippen LogP contribution in [0.25, 0.3) is 22.9 Å². The van der Waals surface area contributed by atoms with E-state index in [1.807, 2.05) is 73.6 Å². The first kappa shape index (κ1) is 18.0. The van der Waals surface area contributed by atoms with E-state index in [0.717, 1.165) is 37.6 Å². The van der Waals surface area contributed by atoms with Crippen LogP contribution in [0.5, 0.6) is 5.88 Å². The summed E-state index contributed by atoms with van der Waals surface area (Å²) in [5, 5.41) is 12.4. The van der Waals surface area contributed by atoms with Crippen LogP contribution in [0.4, 0.5) is 11.4 Å². The second kappa shape index (κ2) is 6.77. The number of anilines is 1. The van der Waals surface area contributed by atoms with E-state index in [9.17, 15) is 9.90 Å². The van der Waals surface area contributed by atoms with Crippen LogP contribution in [0.2, 0.25) is 0 Å². The Morgan fingerprint density at radius 2 is 1.77 bits per heavy atom. The number of hydrogen-bond donors (Lipinski definition) is 1. The van der Waals surface area contributed by atoms with Crippen molar-refractivity contribution in [3.8, 4) is 22.7 Å². The molecule has 5 rings (SSSR count). The Kier molecular flexibility index (Phi) is 4.06. The van der Waals surface area contributed by atoms with Gasteiger partial charge in [-0.25, -0.2) is 14.4 Å². The monoisotopic (exact) mass is 397 g/mol. The third-order valence-electron chi connectivity index (χ3n) is 5.19. The van der Waals surface area contributed by atoms with Crippen molar-refractivity contribution in [3.05, 3.63) is 93.6 Å². The Morgan fingerprint density at radius 1 is 1.00 bits per heavy atom. The van der Waals surface area contributed by atoms with E-state index in [4.69, 9.17) is 4.42 Å². The SMILES string of the molecule is CN(C)c1ccc(-n2c(O)c(/C=c3\ccc4c(c3)-c3ccccc3N=4)oc2=O)cc1. The second-order valence-electron chi connectivity index (χ2n) is 7.35. The number of benzene rings is 3. The predicted molar refractivity (Wildman–Crippen MR) is 116 cm³/mol. The summed E-state index contributed by atoms with van der Waals surface area (Å²) in [7, 11) is 3.87. The first-order valence-electron chi connectivity index (χ1n) is 9.54. The average Bonchev–Trinajstić information content (AvgIpc) is 3.24. The molecule has 148 valence electrons. The molecular weight excluding hydrogens is 378 g/mol. The molecule has 0 atom stereocenters. The van der Waals surface area contributed by atoms with E-state index in [1.165, 1.54) is 0 Å². The zero-order valence-corrected chi connectivity index (χ0v) is 16.5. The van der Waals surface area contributed by atoms with Crippen LogP contribution in [0, 0.1) is 0 Å². The fourth-order valence-corrected chi connectivity index (χ4v) is 3.64. The van der Waals surface area contributed by atoms with Gasteiger partial charge in [0.2, 0.25) is 5.88 Å². The molecule has 4 aromatic rings. The molecule has 0 radical (unpaired) electrons. The quantitative estimate of drug-likeness (QED) is 0.508. The van der Waals surface area contributed by atoms with Gasteiger partial charge in [-0.2, -0.15) is 0 Å². The molecule has 1 aromatic heterocycles. The molecule has 0 bridgehead atoms. The van der Waals surface area contributed by atoms with Crippen molar-refractivity contribution in [3.63, 3.8) is 0 Å². The van der Waals surface area contributed by atoms with Gasteiger partial charge >= 0.3 is 5.76 Å². The van der Waals surface area contributed by atoms with Crippen molar-refractivity contribution in [2.75, 3.05) is 19.0 Å². The highest BCUT2D eigenvalue weighted by atomic mass is 16.4. The third kappa shape index (κ3) is 2.90. The fraction of sp³-hybridized carbons (Fsp3) is 0.0833. The summed E-state index contributed by atoms with van der Waals surface area (Å²) in [6, 6.07) is 21.0. The highest BCUT2D eigenvalue weighted by molar-refractivity contribution is 5.79. The van der Waals surface area contributed by atoms with Gasteiger partial charge in [-0.3, -0.25) is 0 Å². The van der Waals surface area contributed by atoms with Gasteiger partial charge in [0, 0.05) is 30.9 Å². The van der Waals surface area contributed by atoms with Crippen LogP contribution in [0.1, 0.15) is 5.76 Å². The summed E-state index contributed by atoms with van der Waals surface area (Å²) in [4.78, 5) is 19.0. The Labute approximate surface area is 172 Å². The summed E-state index contributed by atoms with van der Waals surface area (Å²) >= 11 is 0. The summed E-state index contributed by atoms with van der Waals surface area (Å²) in [5.41, 5.74) is 4.54. The van der Waals surface area contributed by atoms with Gasteiger partial charge in [-0.15, -0.1) is 0 Å². The zero-order chi connectivity index (χ0) is 20.8. The molecule has 0 fully saturated rings. The molecule has 2 heterocycles. The van der Waals surface area contributed by atoms with E-state index in [0.29, 0.717) is 5.69 Å². The van der Waals surface area contributed by atoms with Crippen LogP contribution in [-0.4, -0.2) is 23.8 Å². The molecule has 0 spiro atoms. The lowest BCUT2D eigenvalue weighted by Crippen LogP contribution is -2.12. The van der Waals surface area contributed by atoms with E-state index in [-0.39, 0.29) is 11.6 Å². The van der Waals surface area contributed by atoms with Gasteiger partial charge in [-0.05, 0) is 53.8 Å². The number of rotatable bonds is 3. The van der Waals surface area contributed by atoms with Gasteiger partial charge in [0.1, 0.15) is 0 Å². The molecule has 0 amide bonds. The highest BCUT2D eigenvalue weighted by Gasteiger charge is 2.17. The van der Waals surface area contributed by atoms with Gasteiger partial charge in [0.15, 0.2) is 5.76 Å². The molecule has 0 saturated carbocycles. The number of aromatic hydroxyl groups is 1. The molecule has 0 aliphatic carbocycles. The number of oxazole rings is 1. The molecule has 0 unspecified atom stereocenters. The van der Waals surface area contributed by atoms with Crippen molar-refractivity contribution in [2.45, 2.75) is 0 Å². The molecule has 1 aliphatic rings. The Bertz CT molecular complexity index is 1440. The van der Waals surface area contributed by atoms with Crippen LogP contribution < -0.4 is 21.2 Å². The van der Waals surface area contributed by atoms with E-state index < -0.39 is 5.76 Å². The second-order valence-corrected chi connectivity index (χ2v) is 7.35. The van der Waals surface area contributed by atoms with E-state index in [2.05, 4.69) is 4.99 Å². The Morgan fingerprint density at radius 3 is 2.53 bits per heavy atom. The summed E-state index contributed by atoms with van der Waals surface area (Å²) in [6.45, 7) is 0. The summed E-state index contributed by atoms with van der Waals surface area (Å²) in [6.07, 6.45) is 1.66. The first-order valence-corrected chi connectivity index (χ1v) is 9.54. The van der Waals surface area contributed by atoms with Gasteiger partial charge in [-0.1, -0.05) is 24.3 Å². The minimum Gasteiger partial charge on any atom is -0.491 e. The fourth-order valence-electron chi connectivity index (χ4n) is 3.64. The van der Waals surface area contributed by atoms with Crippen molar-refractivity contribution in [2.24, 2.45) is 4.99 Å². The normalized spacial score (nSPS) is 12.4. The molecule has 1 N–H and O–H groups in total. The zero-order valence-electron chi connectivity index (χ0n) is 16.5. The minimum absolute atomic E-state index is 0.111. The molecule has 6 heteroatoms. The van der Waals surface area contributed by atoms with Crippen molar-refractivity contribution >= 4 is 17.5 Å². The van der Waals surface area contributed by atoms with Crippen LogP contribution in [0.15, 0.2) is 80.9 Å². The lowest BCUT2D eigenvalue weighted by Gasteiger charge is -2.12. The van der Waals surface area contributed by atoms with Gasteiger partial charge in [0.05, 0.1) is 16.7 Å². The van der Waals surface area contributed by atoms with Crippen molar-refractivity contribution in [1.29, 1.82) is 0 Å². The largest absolute Gasteiger partial charge is 0.491 e. The van der Waals surface area contributed by atoms with Crippen LogP contribution in [-0.2, 0) is 0 Å². The lowest BCUT2D eigenvalue weighted by atomic mass is 10.0. The third-order valence-corrected chi connectivity index (χ3v) is 5.19. The number of fused-ring (bicyclic) bond motifs is 3. The smallest absolute Gasteiger partial charge is 0.427 e. The molecule has 3 aromatic carbocycles. The van der Waals surface area contributed by atoms with Crippen molar-refractivity contribution in [1.82, 2.24) is 4.57 Å². The van der Waals surface area contributed by atoms with Gasteiger partial charge in [0.25, 0.3) is 0 Å². The molecule has 0 saturated heterocycles. The average molecular weight is 397 g/mol. The Balaban J connectivity index is 1.58. The predicted octanol–water partition coefficient (Wildman–Crippen LogP) is 2.96. The maximum atomic E-state index is 12.4. The topological polar surface area (TPSA) is 71.0 Å². The highest BCUT2D eigenvalue weighted by Crippen LogP contribution is 2.31. The van der Waals surface area contributed by atoms with Crippen LogP contribution in [0.3, 0.4) is 0 Å². The molecule has 1 aliphatic heterocycles. The molecule has 30 heavy (non-hydrogen) atoms. The van der Waals surface area contributed by atoms with Crippen molar-refractivity contribution < 1.29 is 9.52 Å². The lowest BCUT2D eigenvalue weighted by molar-refractivity contribution is 0.436. The number of aromatic nitrogens is 1. The van der Waals surface area contributed by atoms with E-state index >= 15 is 0 Å².